The van der Waals surface area contributed by atoms with Gasteiger partial charge in [-0.25, -0.2) is 4.68 Å². The van der Waals surface area contributed by atoms with Crippen LogP contribution < -0.4 is 10.6 Å². The number of nitrogens with two attached hydrogens (primary N) is 1. The van der Waals surface area contributed by atoms with E-state index in [4.69, 9.17) is 5.73 Å². The van der Waals surface area contributed by atoms with Crippen LogP contribution in [0.1, 0.15) is 30.4 Å². The number of anilines is 1. The van der Waals surface area contributed by atoms with E-state index >= 15 is 0 Å². The number of hydrogen-bond donors (Lipinski definition) is 1. The minimum absolute atomic E-state index is 0.209. The van der Waals surface area contributed by atoms with Crippen molar-refractivity contribution in [2.75, 3.05) is 4.90 Å². The minimum Gasteiger partial charge on any atom is -0.369 e. The van der Waals surface area contributed by atoms with Crippen molar-refractivity contribution < 1.29 is 4.79 Å². The van der Waals surface area contributed by atoms with Gasteiger partial charge in [0.1, 0.15) is 0 Å². The fourth-order valence-corrected chi connectivity index (χ4v) is 3.76. The molecule has 2 heterocycles. The van der Waals surface area contributed by atoms with E-state index in [2.05, 4.69) is 47.3 Å². The topological polar surface area (TPSA) is 64.2 Å². The maximum absolute atomic E-state index is 11.9. The molecule has 5 heteroatoms. The summed E-state index contributed by atoms with van der Waals surface area (Å²) in [4.78, 5) is 14.2. The highest BCUT2D eigenvalue weighted by Gasteiger charge is 2.32. The molecule has 1 aliphatic rings. The van der Waals surface area contributed by atoms with Gasteiger partial charge in [-0.3, -0.25) is 4.79 Å². The Labute approximate surface area is 153 Å². The SMILES string of the molecule is CC1CC(C(N)=O)c2ccccc2N1Cc1ccc(-n2cccn2)cc1. The van der Waals surface area contributed by atoms with Gasteiger partial charge >= 0.3 is 0 Å². The molecule has 1 aliphatic heterocycles. The predicted molar refractivity (Wildman–Crippen MR) is 102 cm³/mol. The molecule has 132 valence electrons. The van der Waals surface area contributed by atoms with E-state index in [1.807, 2.05) is 35.1 Å². The Bertz CT molecular complexity index is 902. The van der Waals surface area contributed by atoms with Gasteiger partial charge in [-0.2, -0.15) is 5.10 Å². The fourth-order valence-electron chi connectivity index (χ4n) is 3.76. The van der Waals surface area contributed by atoms with Gasteiger partial charge in [0, 0.05) is 30.7 Å². The highest BCUT2D eigenvalue weighted by molar-refractivity contribution is 5.85. The van der Waals surface area contributed by atoms with Crippen molar-refractivity contribution >= 4 is 11.6 Å². The molecule has 1 amide bonds. The van der Waals surface area contributed by atoms with Crippen LogP contribution in [0.2, 0.25) is 0 Å². The maximum Gasteiger partial charge on any atom is 0.225 e. The molecule has 3 aromatic rings. The molecule has 2 unspecified atom stereocenters. The minimum atomic E-state index is -0.243. The summed E-state index contributed by atoms with van der Waals surface area (Å²) in [7, 11) is 0. The van der Waals surface area contributed by atoms with Crippen molar-refractivity contribution in [1.82, 2.24) is 9.78 Å². The lowest BCUT2D eigenvalue weighted by Crippen LogP contribution is -2.41. The van der Waals surface area contributed by atoms with E-state index < -0.39 is 0 Å². The first-order chi connectivity index (χ1) is 12.6. The van der Waals surface area contributed by atoms with Crippen LogP contribution in [0, 0.1) is 0 Å². The lowest BCUT2D eigenvalue weighted by Gasteiger charge is -2.40. The van der Waals surface area contributed by atoms with Crippen LogP contribution in [-0.4, -0.2) is 21.7 Å². The van der Waals surface area contributed by atoms with Crippen molar-refractivity contribution in [3.63, 3.8) is 0 Å². The highest BCUT2D eigenvalue weighted by Crippen LogP contribution is 2.38. The van der Waals surface area contributed by atoms with Crippen LogP contribution in [0.25, 0.3) is 5.69 Å². The van der Waals surface area contributed by atoms with Crippen molar-refractivity contribution in [1.29, 1.82) is 0 Å². The second-order valence-electron chi connectivity index (χ2n) is 6.84. The Morgan fingerprint density at radius 3 is 2.62 bits per heavy atom. The Kier molecular flexibility index (Phi) is 4.21. The van der Waals surface area contributed by atoms with Crippen LogP contribution in [0.15, 0.2) is 67.0 Å². The summed E-state index contributed by atoms with van der Waals surface area (Å²) >= 11 is 0. The number of para-hydroxylation sites is 1. The van der Waals surface area contributed by atoms with Gasteiger partial charge in [0.15, 0.2) is 0 Å². The zero-order chi connectivity index (χ0) is 18.1. The quantitative estimate of drug-likeness (QED) is 0.789. The van der Waals surface area contributed by atoms with E-state index in [1.165, 1.54) is 5.56 Å². The second kappa shape index (κ2) is 6.67. The Balaban J connectivity index is 1.61. The number of fused-ring (bicyclic) bond motifs is 1. The lowest BCUT2D eigenvalue weighted by molar-refractivity contribution is -0.119. The molecular formula is C21H22N4O. The Hall–Kier alpha value is -3.08. The van der Waals surface area contributed by atoms with Crippen molar-refractivity contribution in [2.45, 2.75) is 31.8 Å². The zero-order valence-corrected chi connectivity index (χ0v) is 14.7. The number of nitrogens with zero attached hydrogens (tertiary/aromatic N) is 3. The zero-order valence-electron chi connectivity index (χ0n) is 14.7. The number of amides is 1. The summed E-state index contributed by atoms with van der Waals surface area (Å²) in [6.45, 7) is 2.95. The number of benzene rings is 2. The molecule has 0 saturated heterocycles. The first kappa shape index (κ1) is 16.4. The standard InChI is InChI=1S/C21H22N4O/c1-15-13-19(21(22)26)18-5-2-3-6-20(18)24(15)14-16-7-9-17(10-8-16)25-12-4-11-23-25/h2-12,15,19H,13-14H2,1H3,(H2,22,26). The average molecular weight is 346 g/mol. The number of aromatic nitrogens is 2. The molecule has 0 aliphatic carbocycles. The molecule has 5 nitrogen and oxygen atoms in total. The number of carbonyl (C=O) groups excluding carboxylic acids is 1. The lowest BCUT2D eigenvalue weighted by atomic mass is 9.85. The van der Waals surface area contributed by atoms with Crippen molar-refractivity contribution in [3.8, 4) is 5.69 Å². The molecule has 2 atom stereocenters. The molecule has 2 aromatic carbocycles. The third kappa shape index (κ3) is 2.96. The molecule has 4 rings (SSSR count). The Morgan fingerprint density at radius 2 is 1.92 bits per heavy atom. The van der Waals surface area contributed by atoms with Gasteiger partial charge in [-0.15, -0.1) is 0 Å². The molecule has 0 saturated carbocycles. The van der Waals surface area contributed by atoms with Crippen LogP contribution in [0.5, 0.6) is 0 Å². The molecular weight excluding hydrogens is 324 g/mol. The summed E-state index contributed by atoms with van der Waals surface area (Å²) in [6.07, 6.45) is 4.45. The van der Waals surface area contributed by atoms with Gasteiger partial charge in [-0.1, -0.05) is 30.3 Å². The van der Waals surface area contributed by atoms with E-state index in [9.17, 15) is 4.79 Å². The number of rotatable bonds is 4. The highest BCUT2D eigenvalue weighted by atomic mass is 16.1. The second-order valence-corrected chi connectivity index (χ2v) is 6.84. The van der Waals surface area contributed by atoms with Gasteiger partial charge < -0.3 is 10.6 Å². The third-order valence-corrected chi connectivity index (χ3v) is 5.13. The molecule has 0 bridgehead atoms. The predicted octanol–water partition coefficient (Wildman–Crippen LogP) is 3.24. The number of carbonyl (C=O) groups is 1. The summed E-state index contributed by atoms with van der Waals surface area (Å²) in [6, 6.07) is 18.7. The third-order valence-electron chi connectivity index (χ3n) is 5.13. The molecule has 26 heavy (non-hydrogen) atoms. The van der Waals surface area contributed by atoms with E-state index in [0.29, 0.717) is 0 Å². The maximum atomic E-state index is 11.9. The van der Waals surface area contributed by atoms with Crippen molar-refractivity contribution in [3.05, 3.63) is 78.1 Å². The number of hydrogen-bond acceptors (Lipinski definition) is 3. The van der Waals surface area contributed by atoms with Crippen LogP contribution in [-0.2, 0) is 11.3 Å². The molecule has 1 aromatic heterocycles. The smallest absolute Gasteiger partial charge is 0.225 e. The first-order valence-corrected chi connectivity index (χ1v) is 8.87. The largest absolute Gasteiger partial charge is 0.369 e. The van der Waals surface area contributed by atoms with Crippen LogP contribution in [0.4, 0.5) is 5.69 Å². The van der Waals surface area contributed by atoms with Crippen molar-refractivity contribution in [2.24, 2.45) is 5.73 Å². The molecule has 2 N–H and O–H groups in total. The van der Waals surface area contributed by atoms with Gasteiger partial charge in [0.05, 0.1) is 11.6 Å². The van der Waals surface area contributed by atoms with E-state index in [-0.39, 0.29) is 17.9 Å². The summed E-state index contributed by atoms with van der Waals surface area (Å²) < 4.78 is 1.85. The average Bonchev–Trinajstić information content (AvgIpc) is 3.19. The fraction of sp³-hybridized carbons (Fsp3) is 0.238. The van der Waals surface area contributed by atoms with Gasteiger partial charge in [0.2, 0.25) is 5.91 Å². The summed E-state index contributed by atoms with van der Waals surface area (Å²) in [5, 5.41) is 4.26. The summed E-state index contributed by atoms with van der Waals surface area (Å²) in [5.41, 5.74) is 10.0. The van der Waals surface area contributed by atoms with Gasteiger partial charge in [0.25, 0.3) is 0 Å². The van der Waals surface area contributed by atoms with Crippen LogP contribution >= 0.6 is 0 Å². The van der Waals surface area contributed by atoms with Crippen LogP contribution in [0.3, 0.4) is 0 Å². The van der Waals surface area contributed by atoms with E-state index in [0.717, 1.165) is 29.9 Å². The summed E-state index contributed by atoms with van der Waals surface area (Å²) in [5.74, 6) is -0.452. The van der Waals surface area contributed by atoms with Gasteiger partial charge in [-0.05, 0) is 48.7 Å². The molecule has 0 radical (unpaired) electrons. The molecule has 0 spiro atoms. The first-order valence-electron chi connectivity index (χ1n) is 8.87. The molecule has 0 fully saturated rings. The van der Waals surface area contributed by atoms with E-state index in [1.54, 1.807) is 6.20 Å². The Morgan fingerprint density at radius 1 is 1.15 bits per heavy atom. The monoisotopic (exact) mass is 346 g/mol. The number of primary amides is 1. The normalized spacial score (nSPS) is 19.2.